The fraction of sp³-hybridized carbons (Fsp3) is 0.556. The van der Waals surface area contributed by atoms with Gasteiger partial charge in [-0.25, -0.2) is 5.12 Å². The van der Waals surface area contributed by atoms with Gasteiger partial charge in [0, 0.05) is 5.70 Å². The number of hydrogen-bond acceptors (Lipinski definition) is 1. The van der Waals surface area contributed by atoms with Crippen molar-refractivity contribution < 1.29 is 17.7 Å². The van der Waals surface area contributed by atoms with Crippen molar-refractivity contribution in [2.45, 2.75) is 33.5 Å². The normalized spacial score (nSPS) is 21.1. The Balaban J connectivity index is 0.000000364. The molecule has 82 valence electrons. The third-order valence-electron chi connectivity index (χ3n) is 1.64. The Kier molecular flexibility index (Phi) is 5.27. The van der Waals surface area contributed by atoms with E-state index in [1.165, 1.54) is 0 Å². The maximum Gasteiger partial charge on any atom is 0.379 e. The molecule has 1 aliphatic rings. The number of halogens is 4. The van der Waals surface area contributed by atoms with Crippen LogP contribution in [0.1, 0.15) is 20.8 Å². The molecular weight excluding hydrogens is 198 g/mol. The molecule has 1 aliphatic heterocycles. The first-order valence-corrected chi connectivity index (χ1v) is 4.08. The molecule has 0 N–H and O–H groups in total. The summed E-state index contributed by atoms with van der Waals surface area (Å²) in [7, 11) is 0. The van der Waals surface area contributed by atoms with E-state index in [9.17, 15) is 17.7 Å². The van der Waals surface area contributed by atoms with E-state index in [1.807, 2.05) is 26.0 Å². The molecule has 0 spiro atoms. The Morgan fingerprint density at radius 1 is 1.29 bits per heavy atom. The summed E-state index contributed by atoms with van der Waals surface area (Å²) < 4.78 is 41.9. The van der Waals surface area contributed by atoms with Gasteiger partial charge < -0.3 is 0 Å². The fourth-order valence-corrected chi connectivity index (χ4v) is 1.21. The molecule has 0 bridgehead atoms. The summed E-state index contributed by atoms with van der Waals surface area (Å²) in [5.41, 5.74) is 1.83. The van der Waals surface area contributed by atoms with Crippen molar-refractivity contribution in [3.63, 3.8) is 0 Å². The molecule has 0 radical (unpaired) electrons. The van der Waals surface area contributed by atoms with Crippen molar-refractivity contribution in [3.8, 4) is 0 Å². The third kappa shape index (κ3) is 4.89. The minimum Gasteiger partial charge on any atom is -0.210 e. The van der Waals surface area contributed by atoms with Gasteiger partial charge in [-0.2, -0.15) is 13.2 Å². The largest absolute Gasteiger partial charge is 0.379 e. The number of alkyl halides is 3. The molecule has 1 atom stereocenters. The maximum absolute atomic E-state index is 12.9. The van der Waals surface area contributed by atoms with Crippen LogP contribution in [0.3, 0.4) is 0 Å². The zero-order valence-corrected chi connectivity index (χ0v) is 8.27. The molecule has 5 heteroatoms. The van der Waals surface area contributed by atoms with Crippen LogP contribution < -0.4 is 0 Å². The van der Waals surface area contributed by atoms with Gasteiger partial charge >= 0.3 is 6.68 Å². The van der Waals surface area contributed by atoms with E-state index >= 15 is 0 Å². The number of allylic oxidation sites excluding steroid dienone is 3. The summed E-state index contributed by atoms with van der Waals surface area (Å²) in [6.07, 6.45) is 3.73. The van der Waals surface area contributed by atoms with Crippen LogP contribution in [0.5, 0.6) is 0 Å². The van der Waals surface area contributed by atoms with Gasteiger partial charge in [-0.3, -0.25) is 0 Å². The molecule has 0 aromatic carbocycles. The molecule has 0 aliphatic carbocycles. The van der Waals surface area contributed by atoms with Crippen molar-refractivity contribution in [3.05, 3.63) is 23.4 Å². The molecule has 1 heterocycles. The van der Waals surface area contributed by atoms with Crippen molar-refractivity contribution in [2.24, 2.45) is 0 Å². The lowest BCUT2D eigenvalue weighted by atomic mass is 10.1. The molecule has 0 amide bonds. The summed E-state index contributed by atoms with van der Waals surface area (Å²) in [5.74, 6) is 0. The highest BCUT2D eigenvalue weighted by Crippen LogP contribution is 2.19. The van der Waals surface area contributed by atoms with Crippen LogP contribution in [0.2, 0.25) is 0 Å². The first-order chi connectivity index (χ1) is 6.34. The predicted molar refractivity (Wildman–Crippen MR) is 47.0 cm³/mol. The highest BCUT2D eigenvalue weighted by Gasteiger charge is 2.14. The second kappa shape index (κ2) is 5.67. The zero-order valence-electron chi connectivity index (χ0n) is 8.27. The molecule has 14 heavy (non-hydrogen) atoms. The standard InChI is InChI=1S/C8H12FN.CHF3/c1-6-4-7(2)10(9)8(3)5-6;2-1(3)4/h4-5,7H,1-3H3;1H. The molecule has 1 unspecified atom stereocenters. The van der Waals surface area contributed by atoms with Crippen molar-refractivity contribution in [1.29, 1.82) is 0 Å². The number of rotatable bonds is 0. The highest BCUT2D eigenvalue weighted by atomic mass is 19.4. The Morgan fingerprint density at radius 2 is 1.71 bits per heavy atom. The first-order valence-electron chi connectivity index (χ1n) is 4.08. The molecule has 0 fully saturated rings. The van der Waals surface area contributed by atoms with Crippen LogP contribution in [-0.4, -0.2) is 17.8 Å². The molecule has 0 saturated carbocycles. The Labute approximate surface area is 80.6 Å². The minimum atomic E-state index is -3.67. The van der Waals surface area contributed by atoms with Gasteiger partial charge in [0.15, 0.2) is 0 Å². The molecule has 1 rings (SSSR count). The maximum atomic E-state index is 12.9. The van der Waals surface area contributed by atoms with E-state index in [-0.39, 0.29) is 6.04 Å². The topological polar surface area (TPSA) is 3.24 Å². The van der Waals surface area contributed by atoms with E-state index in [2.05, 4.69) is 0 Å². The fourth-order valence-electron chi connectivity index (χ4n) is 1.21. The van der Waals surface area contributed by atoms with Crippen LogP contribution in [0.4, 0.5) is 17.7 Å². The first kappa shape index (κ1) is 13.0. The average molecular weight is 211 g/mol. The van der Waals surface area contributed by atoms with Gasteiger partial charge in [-0.15, -0.1) is 0 Å². The summed E-state index contributed by atoms with van der Waals surface area (Å²) in [6.45, 7) is 1.92. The van der Waals surface area contributed by atoms with Gasteiger partial charge in [-0.1, -0.05) is 16.1 Å². The summed E-state index contributed by atoms with van der Waals surface area (Å²) in [5, 5.41) is 0.771. The lowest BCUT2D eigenvalue weighted by Crippen LogP contribution is -2.24. The summed E-state index contributed by atoms with van der Waals surface area (Å²) >= 11 is 0. The SMILES string of the molecule is CC1=CC(C)N(F)C(C)=C1.FC(F)F. The molecule has 0 aromatic rings. The Bertz CT molecular complexity index is 232. The smallest absolute Gasteiger partial charge is 0.210 e. The summed E-state index contributed by atoms with van der Waals surface area (Å²) in [4.78, 5) is 0. The number of hydrogen-bond donors (Lipinski definition) is 0. The molecule has 0 aromatic heterocycles. The average Bonchev–Trinajstić information content (AvgIpc) is 1.98. The highest BCUT2D eigenvalue weighted by molar-refractivity contribution is 5.25. The molecule has 0 saturated heterocycles. The second-order valence-electron chi connectivity index (χ2n) is 3.00. The van der Waals surface area contributed by atoms with Gasteiger partial charge in [0.2, 0.25) is 0 Å². The molecular formula is C9H13F4N. The van der Waals surface area contributed by atoms with Gasteiger partial charge in [0.05, 0.1) is 6.04 Å². The van der Waals surface area contributed by atoms with Gasteiger partial charge in [0.1, 0.15) is 0 Å². The zero-order chi connectivity index (χ0) is 11.3. The lowest BCUT2D eigenvalue weighted by Gasteiger charge is -2.23. The van der Waals surface area contributed by atoms with Crippen LogP contribution in [0.15, 0.2) is 23.4 Å². The number of nitrogens with zero attached hydrogens (tertiary/aromatic N) is 1. The third-order valence-corrected chi connectivity index (χ3v) is 1.64. The minimum absolute atomic E-state index is 0.106. The quantitative estimate of drug-likeness (QED) is 0.437. The van der Waals surface area contributed by atoms with Crippen molar-refractivity contribution >= 4 is 0 Å². The van der Waals surface area contributed by atoms with E-state index < -0.39 is 6.68 Å². The monoisotopic (exact) mass is 211 g/mol. The predicted octanol–water partition coefficient (Wildman–Crippen LogP) is 3.60. The van der Waals surface area contributed by atoms with E-state index in [0.29, 0.717) is 5.70 Å². The molecule has 1 nitrogen and oxygen atoms in total. The van der Waals surface area contributed by atoms with Gasteiger partial charge in [0.25, 0.3) is 0 Å². The van der Waals surface area contributed by atoms with Gasteiger partial charge in [-0.05, 0) is 26.8 Å². The Morgan fingerprint density at radius 3 is 2.07 bits per heavy atom. The lowest BCUT2D eigenvalue weighted by molar-refractivity contribution is 0.00819. The second-order valence-corrected chi connectivity index (χ2v) is 3.00. The van der Waals surface area contributed by atoms with Crippen molar-refractivity contribution in [2.75, 3.05) is 0 Å². The van der Waals surface area contributed by atoms with E-state index in [0.717, 1.165) is 10.7 Å². The van der Waals surface area contributed by atoms with Crippen molar-refractivity contribution in [1.82, 2.24) is 5.12 Å². The van der Waals surface area contributed by atoms with E-state index in [1.54, 1.807) is 6.92 Å². The van der Waals surface area contributed by atoms with Crippen LogP contribution in [-0.2, 0) is 0 Å². The van der Waals surface area contributed by atoms with E-state index in [4.69, 9.17) is 0 Å². The summed E-state index contributed by atoms with van der Waals surface area (Å²) in [6, 6.07) is -0.106. The Hall–Kier alpha value is -1.00. The van der Waals surface area contributed by atoms with Crippen LogP contribution in [0.25, 0.3) is 0 Å². The van der Waals surface area contributed by atoms with Crippen LogP contribution >= 0.6 is 0 Å². The van der Waals surface area contributed by atoms with Crippen LogP contribution in [0, 0.1) is 0 Å².